The molecule has 3 heterocycles. The number of hydrogen-bond acceptors (Lipinski definition) is 3. The van der Waals surface area contributed by atoms with Gasteiger partial charge in [0.15, 0.2) is 0 Å². The SMILES string of the molecule is CC(C)c1cc(-c2ccc(-c3ccccc3)cc2)cc(C(C)C)c1-n1c(-c2[c-]ccc3c2oc2cccc(-c4ccccc4)c23)nc2ccccc21.[Ir].[c-]1ccccc1-c1ccccn1. The molecule has 0 amide bonds. The topological polar surface area (TPSA) is 43.9 Å². The molecule has 0 unspecified atom stereocenters. The number of imidazole rings is 1. The van der Waals surface area contributed by atoms with Gasteiger partial charge in [-0.1, -0.05) is 160 Å². The Morgan fingerprint density at radius 3 is 1.83 bits per heavy atom. The van der Waals surface area contributed by atoms with Crippen molar-refractivity contribution in [3.8, 4) is 61.7 Å². The standard InChI is InChI=1S/C49H39N2O.C11H8N.Ir/c1-31(2)41-29-37(35-27-25-34(26-28-35)33-15-7-5-8-16-33)30-42(32(3)4)47(41)51-44-23-12-11-22-43(44)50-49(51)40-21-13-20-39-46-38(36-17-9-6-10-18-36)19-14-24-45(46)52-48(39)40;1-2-6-10(7-3-1)11-8-4-5-9-12-11;/h5-20,22-32H,1-4H3;1-6,8-9H;/q2*-1;. The molecule has 319 valence electrons. The summed E-state index contributed by atoms with van der Waals surface area (Å²) in [5.74, 6) is 1.34. The Morgan fingerprint density at radius 2 is 1.17 bits per heavy atom. The van der Waals surface area contributed by atoms with Gasteiger partial charge >= 0.3 is 0 Å². The molecule has 8 aromatic carbocycles. The van der Waals surface area contributed by atoms with Crippen molar-refractivity contribution >= 4 is 33.0 Å². The number of para-hydroxylation sites is 2. The fraction of sp³-hybridized carbons (Fsp3) is 0.100. The van der Waals surface area contributed by atoms with Gasteiger partial charge in [0.05, 0.1) is 22.4 Å². The van der Waals surface area contributed by atoms with Crippen molar-refractivity contribution in [2.45, 2.75) is 39.5 Å². The number of aromatic nitrogens is 3. The molecular formula is C60H47IrN3O-2. The second kappa shape index (κ2) is 18.9. The van der Waals surface area contributed by atoms with E-state index in [0.29, 0.717) is 0 Å². The molecule has 0 aliphatic carbocycles. The monoisotopic (exact) mass is 1020 g/mol. The number of nitrogens with zero attached hydrogens (tertiary/aromatic N) is 3. The predicted octanol–water partition coefficient (Wildman–Crippen LogP) is 16.2. The zero-order valence-electron chi connectivity index (χ0n) is 36.8. The molecule has 11 aromatic rings. The first-order chi connectivity index (χ1) is 31.4. The molecule has 0 aliphatic heterocycles. The van der Waals surface area contributed by atoms with E-state index in [9.17, 15) is 0 Å². The third kappa shape index (κ3) is 8.49. The van der Waals surface area contributed by atoms with Crippen LogP contribution in [-0.4, -0.2) is 14.5 Å². The van der Waals surface area contributed by atoms with Crippen LogP contribution in [0.3, 0.4) is 0 Å². The number of furan rings is 1. The van der Waals surface area contributed by atoms with Crippen molar-refractivity contribution < 1.29 is 24.5 Å². The predicted molar refractivity (Wildman–Crippen MR) is 266 cm³/mol. The molecular weight excluding hydrogens is 971 g/mol. The van der Waals surface area contributed by atoms with Gasteiger partial charge in [0.25, 0.3) is 0 Å². The van der Waals surface area contributed by atoms with Crippen LogP contribution in [0.5, 0.6) is 0 Å². The van der Waals surface area contributed by atoms with Crippen LogP contribution >= 0.6 is 0 Å². The van der Waals surface area contributed by atoms with Crippen LogP contribution < -0.4 is 0 Å². The van der Waals surface area contributed by atoms with Crippen LogP contribution in [0.25, 0.3) is 94.7 Å². The average molecular weight is 1020 g/mol. The third-order valence-electron chi connectivity index (χ3n) is 11.9. The summed E-state index contributed by atoms with van der Waals surface area (Å²) in [5, 5.41) is 2.17. The first-order valence-electron chi connectivity index (χ1n) is 22.0. The maximum absolute atomic E-state index is 6.78. The minimum atomic E-state index is 0. The Morgan fingerprint density at radius 1 is 0.538 bits per heavy atom. The van der Waals surface area contributed by atoms with E-state index >= 15 is 0 Å². The van der Waals surface area contributed by atoms with Gasteiger partial charge in [-0.2, -0.15) is 0 Å². The molecule has 0 saturated heterocycles. The average Bonchev–Trinajstić information content (AvgIpc) is 3.94. The first-order valence-corrected chi connectivity index (χ1v) is 22.0. The van der Waals surface area contributed by atoms with E-state index in [0.717, 1.165) is 66.7 Å². The maximum atomic E-state index is 6.78. The molecule has 65 heavy (non-hydrogen) atoms. The summed E-state index contributed by atoms with van der Waals surface area (Å²) in [4.78, 5) is 9.57. The van der Waals surface area contributed by atoms with E-state index in [2.05, 4.69) is 195 Å². The molecule has 0 N–H and O–H groups in total. The van der Waals surface area contributed by atoms with Crippen LogP contribution in [0, 0.1) is 12.1 Å². The molecule has 5 heteroatoms. The van der Waals surface area contributed by atoms with Crippen molar-refractivity contribution in [3.05, 3.63) is 224 Å². The van der Waals surface area contributed by atoms with Crippen molar-refractivity contribution in [1.29, 1.82) is 0 Å². The van der Waals surface area contributed by atoms with Gasteiger partial charge in [0, 0.05) is 37.4 Å². The number of hydrogen-bond donors (Lipinski definition) is 0. The fourth-order valence-electron chi connectivity index (χ4n) is 8.78. The molecule has 0 saturated carbocycles. The van der Waals surface area contributed by atoms with Crippen LogP contribution in [0.1, 0.15) is 50.7 Å². The van der Waals surface area contributed by atoms with Gasteiger partial charge in [-0.25, -0.2) is 0 Å². The molecule has 0 bridgehead atoms. The van der Waals surface area contributed by atoms with Gasteiger partial charge in [-0.15, -0.1) is 54.1 Å². The second-order valence-corrected chi connectivity index (χ2v) is 16.7. The summed E-state index contributed by atoms with van der Waals surface area (Å²) in [6.45, 7) is 9.17. The normalized spacial score (nSPS) is 11.2. The van der Waals surface area contributed by atoms with Crippen LogP contribution in [0.15, 0.2) is 205 Å². The van der Waals surface area contributed by atoms with E-state index in [1.54, 1.807) is 6.20 Å². The van der Waals surface area contributed by atoms with Gasteiger partial charge in [-0.05, 0) is 98.4 Å². The Bertz CT molecular complexity index is 3290. The maximum Gasteiger partial charge on any atom is 0.121 e. The summed E-state index contributed by atoms with van der Waals surface area (Å²) in [5.41, 5.74) is 17.4. The molecule has 4 nitrogen and oxygen atoms in total. The summed E-state index contributed by atoms with van der Waals surface area (Å²) in [6, 6.07) is 74.2. The summed E-state index contributed by atoms with van der Waals surface area (Å²) >= 11 is 0. The Labute approximate surface area is 394 Å². The van der Waals surface area contributed by atoms with E-state index in [-0.39, 0.29) is 31.9 Å². The smallest absolute Gasteiger partial charge is 0.121 e. The molecule has 11 rings (SSSR count). The Hall–Kier alpha value is -7.17. The van der Waals surface area contributed by atoms with Gasteiger partial charge < -0.3 is 14.0 Å². The Balaban J connectivity index is 0.000000355. The van der Waals surface area contributed by atoms with E-state index in [4.69, 9.17) is 9.40 Å². The van der Waals surface area contributed by atoms with Crippen LogP contribution in [-0.2, 0) is 20.1 Å². The minimum absolute atomic E-state index is 0. The molecule has 0 aliphatic rings. The van der Waals surface area contributed by atoms with Gasteiger partial charge in [-0.3, -0.25) is 4.98 Å². The number of benzene rings is 8. The van der Waals surface area contributed by atoms with Crippen molar-refractivity contribution in [1.82, 2.24) is 14.5 Å². The molecule has 0 atom stereocenters. The van der Waals surface area contributed by atoms with Gasteiger partial charge in [0.2, 0.25) is 0 Å². The van der Waals surface area contributed by atoms with E-state index in [1.807, 2.05) is 48.5 Å². The van der Waals surface area contributed by atoms with Crippen molar-refractivity contribution in [3.63, 3.8) is 0 Å². The molecule has 0 fully saturated rings. The van der Waals surface area contributed by atoms with Crippen molar-refractivity contribution in [2.24, 2.45) is 0 Å². The molecule has 3 aromatic heterocycles. The second-order valence-electron chi connectivity index (χ2n) is 16.7. The summed E-state index contributed by atoms with van der Waals surface area (Å²) < 4.78 is 9.15. The summed E-state index contributed by atoms with van der Waals surface area (Å²) in [7, 11) is 0. The quantitative estimate of drug-likeness (QED) is 0.142. The van der Waals surface area contributed by atoms with Gasteiger partial charge in [0.1, 0.15) is 5.58 Å². The summed E-state index contributed by atoms with van der Waals surface area (Å²) in [6.07, 6.45) is 1.79. The van der Waals surface area contributed by atoms with Crippen molar-refractivity contribution in [2.75, 3.05) is 0 Å². The fourth-order valence-corrected chi connectivity index (χ4v) is 8.78. The third-order valence-corrected chi connectivity index (χ3v) is 11.9. The van der Waals surface area contributed by atoms with E-state index < -0.39 is 0 Å². The van der Waals surface area contributed by atoms with Crippen LogP contribution in [0.2, 0.25) is 0 Å². The number of pyridine rings is 1. The van der Waals surface area contributed by atoms with Crippen LogP contribution in [0.4, 0.5) is 0 Å². The zero-order chi connectivity index (χ0) is 43.6. The molecule has 1 radical (unpaired) electrons. The zero-order valence-corrected chi connectivity index (χ0v) is 39.2. The van der Waals surface area contributed by atoms with E-state index in [1.165, 1.54) is 39.1 Å². The number of fused-ring (bicyclic) bond motifs is 4. The minimum Gasteiger partial charge on any atom is -0.501 e. The largest absolute Gasteiger partial charge is 0.501 e. The molecule has 0 spiro atoms. The number of rotatable bonds is 8. The first kappa shape index (κ1) is 43.1. The Kier molecular flexibility index (Phi) is 12.5.